The lowest BCUT2D eigenvalue weighted by Gasteiger charge is -2.10. The number of nitrogens with one attached hydrogen (secondary N) is 1. The number of amides is 1. The molecule has 0 spiro atoms. The Labute approximate surface area is 70.5 Å². The van der Waals surface area contributed by atoms with Crippen molar-refractivity contribution in [3.05, 3.63) is 0 Å². The third-order valence-corrected chi connectivity index (χ3v) is 2.14. The molecule has 3 heteroatoms. The summed E-state index contributed by atoms with van der Waals surface area (Å²) in [6.45, 7) is 5.87. The van der Waals surface area contributed by atoms with E-state index in [0.717, 1.165) is 6.42 Å². The van der Waals surface area contributed by atoms with E-state index in [9.17, 15) is 4.79 Å². The van der Waals surface area contributed by atoms with Crippen LogP contribution in [0, 0.1) is 0 Å². The van der Waals surface area contributed by atoms with E-state index >= 15 is 0 Å². The minimum Gasteiger partial charge on any atom is -0.353 e. The largest absolute Gasteiger partial charge is 0.353 e. The van der Waals surface area contributed by atoms with Crippen molar-refractivity contribution < 1.29 is 4.79 Å². The Morgan fingerprint density at radius 2 is 2.10 bits per heavy atom. The fourth-order valence-electron chi connectivity index (χ4n) is 0.560. The average molecular weight is 208 g/mol. The standard InChI is InChI=1S/C7H14BrNO/c1-4-6(8)7(10)9-5(2)3/h5-6H,4H2,1-3H3,(H,9,10)/t6-/m1/s1. The number of carbonyl (C=O) groups is 1. The normalized spacial score (nSPS) is 13.3. The van der Waals surface area contributed by atoms with Crippen molar-refractivity contribution in [3.63, 3.8) is 0 Å². The van der Waals surface area contributed by atoms with E-state index in [2.05, 4.69) is 21.2 Å². The van der Waals surface area contributed by atoms with Crippen LogP contribution in [-0.4, -0.2) is 16.8 Å². The molecule has 0 aromatic rings. The lowest BCUT2D eigenvalue weighted by molar-refractivity contribution is -0.120. The number of hydrogen-bond donors (Lipinski definition) is 1. The van der Waals surface area contributed by atoms with Gasteiger partial charge in [-0.2, -0.15) is 0 Å². The summed E-state index contributed by atoms with van der Waals surface area (Å²) in [5.74, 6) is 0.0810. The van der Waals surface area contributed by atoms with Crippen LogP contribution in [0.3, 0.4) is 0 Å². The first-order chi connectivity index (χ1) is 4.57. The summed E-state index contributed by atoms with van der Waals surface area (Å²) in [5.41, 5.74) is 0. The fourth-order valence-corrected chi connectivity index (χ4v) is 0.693. The van der Waals surface area contributed by atoms with Gasteiger partial charge < -0.3 is 5.32 Å². The first-order valence-corrected chi connectivity index (χ1v) is 4.44. The quantitative estimate of drug-likeness (QED) is 0.702. The molecule has 0 aliphatic heterocycles. The Morgan fingerprint density at radius 1 is 1.60 bits per heavy atom. The molecule has 0 aromatic carbocycles. The molecule has 0 rings (SSSR count). The number of hydrogen-bond acceptors (Lipinski definition) is 1. The van der Waals surface area contributed by atoms with Gasteiger partial charge >= 0.3 is 0 Å². The van der Waals surface area contributed by atoms with E-state index in [0.29, 0.717) is 0 Å². The highest BCUT2D eigenvalue weighted by molar-refractivity contribution is 9.10. The molecule has 0 aromatic heterocycles. The second-order valence-corrected chi connectivity index (χ2v) is 3.64. The number of halogens is 1. The first-order valence-electron chi connectivity index (χ1n) is 3.52. The molecular weight excluding hydrogens is 194 g/mol. The van der Waals surface area contributed by atoms with Gasteiger partial charge in [0, 0.05) is 6.04 Å². The van der Waals surface area contributed by atoms with Gasteiger partial charge in [0.25, 0.3) is 0 Å². The minimum absolute atomic E-state index is 0.0325. The highest BCUT2D eigenvalue weighted by Gasteiger charge is 2.11. The molecule has 10 heavy (non-hydrogen) atoms. The van der Waals surface area contributed by atoms with Crippen molar-refractivity contribution in [2.75, 3.05) is 0 Å². The molecule has 1 amide bonds. The van der Waals surface area contributed by atoms with Crippen LogP contribution in [0.1, 0.15) is 27.2 Å². The Kier molecular flexibility index (Phi) is 4.69. The third kappa shape index (κ3) is 3.88. The molecule has 0 bridgehead atoms. The zero-order valence-corrected chi connectivity index (χ0v) is 8.23. The summed E-state index contributed by atoms with van der Waals surface area (Å²) >= 11 is 3.26. The van der Waals surface area contributed by atoms with Gasteiger partial charge in [0.05, 0.1) is 4.83 Å². The molecule has 0 aliphatic rings. The Morgan fingerprint density at radius 3 is 2.40 bits per heavy atom. The summed E-state index contributed by atoms with van der Waals surface area (Å²) < 4.78 is 0. The van der Waals surface area contributed by atoms with E-state index in [1.165, 1.54) is 0 Å². The summed E-state index contributed by atoms with van der Waals surface area (Å²) in [7, 11) is 0. The Hall–Kier alpha value is -0.0500. The maximum absolute atomic E-state index is 11.0. The maximum atomic E-state index is 11.0. The highest BCUT2D eigenvalue weighted by atomic mass is 79.9. The Bertz CT molecular complexity index is 114. The van der Waals surface area contributed by atoms with E-state index in [1.807, 2.05) is 20.8 Å². The summed E-state index contributed by atoms with van der Waals surface area (Å²) in [5, 5.41) is 2.81. The second kappa shape index (κ2) is 4.72. The van der Waals surface area contributed by atoms with Crippen LogP contribution in [0.5, 0.6) is 0 Å². The van der Waals surface area contributed by atoms with Gasteiger partial charge in [-0.25, -0.2) is 0 Å². The van der Waals surface area contributed by atoms with Crippen molar-refractivity contribution in [2.24, 2.45) is 0 Å². The van der Waals surface area contributed by atoms with Gasteiger partial charge in [-0.05, 0) is 20.3 Å². The van der Waals surface area contributed by atoms with Crippen molar-refractivity contribution >= 4 is 21.8 Å². The average Bonchev–Trinajstić information content (AvgIpc) is 1.85. The van der Waals surface area contributed by atoms with Gasteiger partial charge in [0.1, 0.15) is 0 Å². The summed E-state index contributed by atoms with van der Waals surface area (Å²) in [6, 6.07) is 0.235. The summed E-state index contributed by atoms with van der Waals surface area (Å²) in [4.78, 5) is 11.0. The van der Waals surface area contributed by atoms with Crippen LogP contribution < -0.4 is 5.32 Å². The molecule has 0 unspecified atom stereocenters. The lowest BCUT2D eigenvalue weighted by Crippen LogP contribution is -2.35. The van der Waals surface area contributed by atoms with E-state index in [4.69, 9.17) is 0 Å². The van der Waals surface area contributed by atoms with Crippen LogP contribution >= 0.6 is 15.9 Å². The second-order valence-electron chi connectivity index (χ2n) is 2.54. The molecule has 0 fully saturated rings. The van der Waals surface area contributed by atoms with E-state index in [-0.39, 0.29) is 16.8 Å². The maximum Gasteiger partial charge on any atom is 0.233 e. The van der Waals surface area contributed by atoms with Crippen molar-refractivity contribution in [2.45, 2.75) is 38.1 Å². The zero-order valence-electron chi connectivity index (χ0n) is 6.65. The molecule has 1 N–H and O–H groups in total. The topological polar surface area (TPSA) is 29.1 Å². The van der Waals surface area contributed by atoms with Gasteiger partial charge in [-0.3, -0.25) is 4.79 Å². The van der Waals surface area contributed by atoms with Crippen LogP contribution in [0.25, 0.3) is 0 Å². The molecule has 0 aliphatic carbocycles. The van der Waals surface area contributed by atoms with Gasteiger partial charge in [0.15, 0.2) is 0 Å². The molecule has 1 atom stereocenters. The molecule has 0 heterocycles. The monoisotopic (exact) mass is 207 g/mol. The molecule has 0 radical (unpaired) electrons. The molecule has 0 saturated carbocycles. The Balaban J connectivity index is 3.62. The number of rotatable bonds is 3. The van der Waals surface area contributed by atoms with E-state index < -0.39 is 0 Å². The van der Waals surface area contributed by atoms with Crippen molar-refractivity contribution in [3.8, 4) is 0 Å². The SMILES string of the molecule is CC[C@@H](Br)C(=O)NC(C)C. The predicted octanol–water partition coefficient (Wildman–Crippen LogP) is 1.68. The highest BCUT2D eigenvalue weighted by Crippen LogP contribution is 2.03. The molecule has 60 valence electrons. The van der Waals surface area contributed by atoms with Gasteiger partial charge in [-0.1, -0.05) is 22.9 Å². The molecular formula is C7H14BrNO. The first kappa shape index (κ1) is 9.95. The van der Waals surface area contributed by atoms with Crippen molar-refractivity contribution in [1.82, 2.24) is 5.32 Å². The zero-order chi connectivity index (χ0) is 8.15. The van der Waals surface area contributed by atoms with Gasteiger partial charge in [0.2, 0.25) is 5.91 Å². The van der Waals surface area contributed by atoms with Crippen LogP contribution in [0.15, 0.2) is 0 Å². The predicted molar refractivity (Wildman–Crippen MR) is 46.3 cm³/mol. The van der Waals surface area contributed by atoms with Crippen molar-refractivity contribution in [1.29, 1.82) is 0 Å². The van der Waals surface area contributed by atoms with Gasteiger partial charge in [-0.15, -0.1) is 0 Å². The van der Waals surface area contributed by atoms with E-state index in [1.54, 1.807) is 0 Å². The van der Waals surface area contributed by atoms with Crippen LogP contribution in [0.2, 0.25) is 0 Å². The molecule has 2 nitrogen and oxygen atoms in total. The lowest BCUT2D eigenvalue weighted by atomic mass is 10.3. The smallest absolute Gasteiger partial charge is 0.233 e. The number of alkyl halides is 1. The van der Waals surface area contributed by atoms with Crippen LogP contribution in [0.4, 0.5) is 0 Å². The summed E-state index contributed by atoms with van der Waals surface area (Å²) in [6.07, 6.45) is 0.832. The molecule has 0 saturated heterocycles. The van der Waals surface area contributed by atoms with Crippen LogP contribution in [-0.2, 0) is 4.79 Å². The fraction of sp³-hybridized carbons (Fsp3) is 0.857. The number of carbonyl (C=O) groups excluding carboxylic acids is 1. The third-order valence-electron chi connectivity index (χ3n) is 1.07. The minimum atomic E-state index is -0.0325.